The summed E-state index contributed by atoms with van der Waals surface area (Å²) in [5.74, 6) is 0.212. The highest BCUT2D eigenvalue weighted by Gasteiger charge is 2.27. The summed E-state index contributed by atoms with van der Waals surface area (Å²) in [4.78, 5) is 14.9. The minimum absolute atomic E-state index is 0.212. The summed E-state index contributed by atoms with van der Waals surface area (Å²) < 4.78 is 0. The van der Waals surface area contributed by atoms with Gasteiger partial charge in [-0.3, -0.25) is 4.79 Å². The Kier molecular flexibility index (Phi) is 5.44. The Morgan fingerprint density at radius 1 is 1.32 bits per heavy atom. The van der Waals surface area contributed by atoms with Gasteiger partial charge in [-0.2, -0.15) is 0 Å². The van der Waals surface area contributed by atoms with E-state index in [1.807, 2.05) is 18.2 Å². The number of benzene rings is 1. The lowest BCUT2D eigenvalue weighted by molar-refractivity contribution is 0.0695. The number of hydrogen-bond donors (Lipinski definition) is 0. The van der Waals surface area contributed by atoms with E-state index in [4.69, 9.17) is 0 Å². The number of aryl methyl sites for hydroxylation is 1. The summed E-state index contributed by atoms with van der Waals surface area (Å²) in [6, 6.07) is 8.45. The molecule has 1 aromatic carbocycles. The van der Waals surface area contributed by atoms with Crippen molar-refractivity contribution in [2.24, 2.45) is 0 Å². The molecule has 0 heterocycles. The van der Waals surface area contributed by atoms with Gasteiger partial charge in [0.25, 0.3) is 5.91 Å². The SMILES string of the molecule is CCc1ccccc1C(=O)N(CCBr)C1CCCC1. The molecule has 1 aliphatic rings. The number of nitrogens with zero attached hydrogens (tertiary/aromatic N) is 1. The van der Waals surface area contributed by atoms with Crippen molar-refractivity contribution in [1.82, 2.24) is 4.90 Å². The van der Waals surface area contributed by atoms with Gasteiger partial charge < -0.3 is 4.90 Å². The van der Waals surface area contributed by atoms with Crippen LogP contribution in [0.4, 0.5) is 0 Å². The molecule has 1 aliphatic carbocycles. The molecule has 1 aromatic rings. The highest BCUT2D eigenvalue weighted by atomic mass is 79.9. The van der Waals surface area contributed by atoms with Crippen LogP contribution >= 0.6 is 15.9 Å². The third-order valence-electron chi connectivity index (χ3n) is 3.98. The van der Waals surface area contributed by atoms with E-state index < -0.39 is 0 Å². The van der Waals surface area contributed by atoms with Crippen molar-refractivity contribution < 1.29 is 4.79 Å². The maximum atomic E-state index is 12.8. The molecule has 0 aromatic heterocycles. The average molecular weight is 324 g/mol. The third kappa shape index (κ3) is 3.38. The molecule has 19 heavy (non-hydrogen) atoms. The molecular formula is C16H22BrNO. The molecule has 1 amide bonds. The standard InChI is InChI=1S/C16H22BrNO/c1-2-13-7-3-6-10-15(13)16(19)18(12-11-17)14-8-4-5-9-14/h3,6-7,10,14H,2,4-5,8-9,11-12H2,1H3. The van der Waals surface area contributed by atoms with Crippen LogP contribution in [0.25, 0.3) is 0 Å². The summed E-state index contributed by atoms with van der Waals surface area (Å²) in [6.07, 6.45) is 5.74. The van der Waals surface area contributed by atoms with Gasteiger partial charge in [0.2, 0.25) is 0 Å². The number of carbonyl (C=O) groups is 1. The van der Waals surface area contributed by atoms with Crippen LogP contribution in [0.1, 0.15) is 48.5 Å². The molecule has 0 N–H and O–H groups in total. The second-order valence-corrected chi connectivity index (χ2v) is 5.93. The van der Waals surface area contributed by atoms with Crippen molar-refractivity contribution in [2.75, 3.05) is 11.9 Å². The minimum atomic E-state index is 0.212. The monoisotopic (exact) mass is 323 g/mol. The van der Waals surface area contributed by atoms with Crippen molar-refractivity contribution >= 4 is 21.8 Å². The first-order chi connectivity index (χ1) is 9.27. The van der Waals surface area contributed by atoms with Gasteiger partial charge in [-0.15, -0.1) is 0 Å². The number of amides is 1. The minimum Gasteiger partial charge on any atom is -0.335 e. The maximum Gasteiger partial charge on any atom is 0.254 e. The van der Waals surface area contributed by atoms with Crippen LogP contribution < -0.4 is 0 Å². The van der Waals surface area contributed by atoms with Gasteiger partial charge in [-0.05, 0) is 30.9 Å². The van der Waals surface area contributed by atoms with Crippen molar-refractivity contribution in [3.8, 4) is 0 Å². The fourth-order valence-corrected chi connectivity index (χ4v) is 3.33. The molecule has 0 radical (unpaired) electrons. The molecule has 0 bridgehead atoms. The average Bonchev–Trinajstić information content (AvgIpc) is 2.98. The lowest BCUT2D eigenvalue weighted by Crippen LogP contribution is -2.40. The van der Waals surface area contributed by atoms with Crippen molar-refractivity contribution in [1.29, 1.82) is 0 Å². The molecule has 0 atom stereocenters. The number of alkyl halides is 1. The summed E-state index contributed by atoms with van der Waals surface area (Å²) in [7, 11) is 0. The zero-order valence-corrected chi connectivity index (χ0v) is 13.2. The molecule has 2 nitrogen and oxygen atoms in total. The van der Waals surface area contributed by atoms with Crippen molar-refractivity contribution in [3.05, 3.63) is 35.4 Å². The van der Waals surface area contributed by atoms with Gasteiger partial charge in [0.15, 0.2) is 0 Å². The Morgan fingerprint density at radius 2 is 2.00 bits per heavy atom. The number of hydrogen-bond acceptors (Lipinski definition) is 1. The van der Waals surface area contributed by atoms with Gasteiger partial charge in [-0.25, -0.2) is 0 Å². The number of halogens is 1. The predicted octanol–water partition coefficient (Wildman–Crippen LogP) is 4.03. The lowest BCUT2D eigenvalue weighted by Gasteiger charge is -2.29. The molecule has 0 saturated heterocycles. The van der Waals surface area contributed by atoms with Gasteiger partial charge in [-0.1, -0.05) is 53.9 Å². The molecule has 2 rings (SSSR count). The molecule has 3 heteroatoms. The smallest absolute Gasteiger partial charge is 0.254 e. The summed E-state index contributed by atoms with van der Waals surface area (Å²) in [6.45, 7) is 2.91. The molecule has 104 valence electrons. The van der Waals surface area contributed by atoms with Crippen LogP contribution in [-0.2, 0) is 6.42 Å². The van der Waals surface area contributed by atoms with E-state index in [0.717, 1.165) is 42.3 Å². The van der Waals surface area contributed by atoms with Gasteiger partial charge in [0.05, 0.1) is 0 Å². The van der Waals surface area contributed by atoms with Gasteiger partial charge in [0, 0.05) is 23.5 Å². The van der Waals surface area contributed by atoms with E-state index in [2.05, 4.69) is 33.8 Å². The quantitative estimate of drug-likeness (QED) is 0.749. The summed E-state index contributed by atoms with van der Waals surface area (Å²) in [5, 5.41) is 0.851. The Morgan fingerprint density at radius 3 is 2.63 bits per heavy atom. The first-order valence-electron chi connectivity index (χ1n) is 7.22. The van der Waals surface area contributed by atoms with Crippen LogP contribution in [0, 0.1) is 0 Å². The largest absolute Gasteiger partial charge is 0.335 e. The van der Waals surface area contributed by atoms with Crippen LogP contribution in [0.3, 0.4) is 0 Å². The third-order valence-corrected chi connectivity index (χ3v) is 4.34. The molecular weight excluding hydrogens is 302 g/mol. The maximum absolute atomic E-state index is 12.8. The Bertz CT molecular complexity index is 427. The van der Waals surface area contributed by atoms with E-state index in [0.29, 0.717) is 6.04 Å². The summed E-state index contributed by atoms with van der Waals surface area (Å²) in [5.41, 5.74) is 2.04. The first-order valence-corrected chi connectivity index (χ1v) is 8.35. The van der Waals surface area contributed by atoms with Crippen molar-refractivity contribution in [3.63, 3.8) is 0 Å². The second kappa shape index (κ2) is 7.09. The van der Waals surface area contributed by atoms with E-state index in [1.165, 1.54) is 12.8 Å². The zero-order chi connectivity index (χ0) is 13.7. The lowest BCUT2D eigenvalue weighted by atomic mass is 10.0. The van der Waals surface area contributed by atoms with E-state index >= 15 is 0 Å². The van der Waals surface area contributed by atoms with E-state index in [9.17, 15) is 4.79 Å². The zero-order valence-electron chi connectivity index (χ0n) is 11.6. The molecule has 1 fully saturated rings. The first kappa shape index (κ1) is 14.6. The number of carbonyl (C=O) groups excluding carboxylic acids is 1. The topological polar surface area (TPSA) is 20.3 Å². The fourth-order valence-electron chi connectivity index (χ4n) is 2.95. The predicted molar refractivity (Wildman–Crippen MR) is 82.9 cm³/mol. The Hall–Kier alpha value is -0.830. The van der Waals surface area contributed by atoms with Gasteiger partial charge in [0.1, 0.15) is 0 Å². The Balaban J connectivity index is 2.22. The molecule has 1 saturated carbocycles. The van der Waals surface area contributed by atoms with E-state index in [1.54, 1.807) is 0 Å². The molecule has 0 unspecified atom stereocenters. The van der Waals surface area contributed by atoms with Gasteiger partial charge >= 0.3 is 0 Å². The molecule has 0 spiro atoms. The second-order valence-electron chi connectivity index (χ2n) is 5.14. The van der Waals surface area contributed by atoms with E-state index in [-0.39, 0.29) is 5.91 Å². The fraction of sp³-hybridized carbons (Fsp3) is 0.562. The molecule has 0 aliphatic heterocycles. The normalized spacial score (nSPS) is 15.7. The Labute approximate surface area is 124 Å². The highest BCUT2D eigenvalue weighted by Crippen LogP contribution is 2.25. The van der Waals surface area contributed by atoms with Crippen molar-refractivity contribution in [2.45, 2.75) is 45.1 Å². The number of rotatable bonds is 5. The highest BCUT2D eigenvalue weighted by molar-refractivity contribution is 9.09. The van der Waals surface area contributed by atoms with Crippen LogP contribution in [0.15, 0.2) is 24.3 Å². The van der Waals surface area contributed by atoms with Crippen LogP contribution in [-0.4, -0.2) is 28.7 Å². The van der Waals surface area contributed by atoms with Crippen LogP contribution in [0.5, 0.6) is 0 Å². The summed E-state index contributed by atoms with van der Waals surface area (Å²) >= 11 is 3.48. The van der Waals surface area contributed by atoms with Crippen LogP contribution in [0.2, 0.25) is 0 Å².